The number of hydrogen-bond acceptors (Lipinski definition) is 6. The number of ether oxygens (including phenoxy) is 1. The molecule has 0 atom stereocenters. The zero-order valence-electron chi connectivity index (χ0n) is 15.0. The van der Waals surface area contributed by atoms with Crippen molar-refractivity contribution in [2.45, 2.75) is 13.1 Å². The van der Waals surface area contributed by atoms with Gasteiger partial charge in [0.25, 0.3) is 11.2 Å². The second kappa shape index (κ2) is 8.49. The van der Waals surface area contributed by atoms with E-state index in [1.807, 2.05) is 17.5 Å². The summed E-state index contributed by atoms with van der Waals surface area (Å²) in [4.78, 5) is 37.9. The summed E-state index contributed by atoms with van der Waals surface area (Å²) in [5, 5.41) is 12.9. The van der Waals surface area contributed by atoms with E-state index in [2.05, 4.69) is 0 Å². The highest BCUT2D eigenvalue weighted by Crippen LogP contribution is 2.23. The minimum absolute atomic E-state index is 0.248. The molecule has 0 aliphatic heterocycles. The third kappa shape index (κ3) is 4.44. The van der Waals surface area contributed by atoms with Gasteiger partial charge in [-0.15, -0.1) is 11.3 Å². The molecule has 0 bridgehead atoms. The minimum atomic E-state index is -0.604. The van der Waals surface area contributed by atoms with Crippen LogP contribution in [0.3, 0.4) is 0 Å². The standard InChI is InChI=1S/C19H17N3O5S/c1-27-16-7-4-14(5-8-16)21(12-17-3-2-10-28-17)19(24)13-20-11-15(22(25)26)6-9-18(20)23/h2-11H,12-13H2,1H3. The number of aromatic nitrogens is 1. The Morgan fingerprint density at radius 3 is 2.57 bits per heavy atom. The van der Waals surface area contributed by atoms with Crippen LogP contribution in [0.15, 0.2) is 64.9 Å². The van der Waals surface area contributed by atoms with E-state index < -0.39 is 10.5 Å². The maximum absolute atomic E-state index is 13.0. The summed E-state index contributed by atoms with van der Waals surface area (Å²) in [5.74, 6) is 0.295. The minimum Gasteiger partial charge on any atom is -0.497 e. The molecule has 0 aliphatic carbocycles. The smallest absolute Gasteiger partial charge is 0.285 e. The highest BCUT2D eigenvalue weighted by Gasteiger charge is 2.19. The van der Waals surface area contributed by atoms with Gasteiger partial charge in [0, 0.05) is 22.7 Å². The van der Waals surface area contributed by atoms with E-state index in [0.29, 0.717) is 18.0 Å². The van der Waals surface area contributed by atoms with Crippen molar-refractivity contribution in [3.05, 3.63) is 85.5 Å². The number of carbonyl (C=O) groups excluding carboxylic acids is 1. The number of anilines is 1. The zero-order valence-corrected chi connectivity index (χ0v) is 15.8. The Kier molecular flexibility index (Phi) is 5.85. The summed E-state index contributed by atoms with van der Waals surface area (Å²) in [6.45, 7) is 0.0183. The van der Waals surface area contributed by atoms with Crippen LogP contribution in [0, 0.1) is 10.1 Å². The molecular formula is C19H17N3O5S. The molecule has 3 aromatic rings. The van der Waals surface area contributed by atoms with Gasteiger partial charge in [0.15, 0.2) is 0 Å². The molecule has 2 aromatic heterocycles. The molecular weight excluding hydrogens is 382 g/mol. The molecule has 0 spiro atoms. The highest BCUT2D eigenvalue weighted by molar-refractivity contribution is 7.09. The molecule has 1 aromatic carbocycles. The van der Waals surface area contributed by atoms with Crippen molar-refractivity contribution in [2.24, 2.45) is 0 Å². The van der Waals surface area contributed by atoms with Crippen LogP contribution in [0.1, 0.15) is 4.88 Å². The number of benzene rings is 1. The third-order valence-corrected chi connectivity index (χ3v) is 4.92. The highest BCUT2D eigenvalue weighted by atomic mass is 32.1. The van der Waals surface area contributed by atoms with Crippen LogP contribution in [-0.4, -0.2) is 22.5 Å². The lowest BCUT2D eigenvalue weighted by molar-refractivity contribution is -0.385. The summed E-state index contributed by atoms with van der Waals surface area (Å²) < 4.78 is 6.20. The van der Waals surface area contributed by atoms with E-state index in [4.69, 9.17) is 4.74 Å². The topological polar surface area (TPSA) is 94.7 Å². The number of amides is 1. The first-order chi connectivity index (χ1) is 13.5. The van der Waals surface area contributed by atoms with Gasteiger partial charge in [-0.25, -0.2) is 0 Å². The number of thiophene rings is 1. The maximum Gasteiger partial charge on any atom is 0.285 e. The van der Waals surface area contributed by atoms with Gasteiger partial charge >= 0.3 is 0 Å². The quantitative estimate of drug-likeness (QED) is 0.449. The van der Waals surface area contributed by atoms with Gasteiger partial charge < -0.3 is 9.64 Å². The maximum atomic E-state index is 13.0. The average Bonchev–Trinajstić information content (AvgIpc) is 3.21. The van der Waals surface area contributed by atoms with Crippen LogP contribution in [0.2, 0.25) is 0 Å². The number of methoxy groups -OCH3 is 1. The van der Waals surface area contributed by atoms with Gasteiger partial charge in [0.2, 0.25) is 5.91 Å². The van der Waals surface area contributed by atoms with Crippen molar-refractivity contribution in [3.8, 4) is 5.75 Å². The molecule has 1 amide bonds. The van der Waals surface area contributed by atoms with Crippen molar-refractivity contribution < 1.29 is 14.5 Å². The Balaban J connectivity index is 1.91. The Hall–Kier alpha value is -3.46. The molecule has 8 nitrogen and oxygen atoms in total. The van der Waals surface area contributed by atoms with Crippen molar-refractivity contribution in [1.29, 1.82) is 0 Å². The van der Waals surface area contributed by atoms with E-state index >= 15 is 0 Å². The number of pyridine rings is 1. The summed E-state index contributed by atoms with van der Waals surface area (Å²) in [6.07, 6.45) is 1.08. The van der Waals surface area contributed by atoms with E-state index in [0.717, 1.165) is 27.8 Å². The van der Waals surface area contributed by atoms with Gasteiger partial charge in [-0.2, -0.15) is 0 Å². The average molecular weight is 399 g/mol. The fourth-order valence-corrected chi connectivity index (χ4v) is 3.32. The second-order valence-electron chi connectivity index (χ2n) is 5.87. The van der Waals surface area contributed by atoms with Crippen LogP contribution < -0.4 is 15.2 Å². The van der Waals surface area contributed by atoms with Crippen LogP contribution in [0.25, 0.3) is 0 Å². The van der Waals surface area contributed by atoms with Gasteiger partial charge in [0.05, 0.1) is 24.8 Å². The Morgan fingerprint density at radius 2 is 1.96 bits per heavy atom. The van der Waals surface area contributed by atoms with Crippen LogP contribution in [-0.2, 0) is 17.9 Å². The van der Waals surface area contributed by atoms with Crippen molar-refractivity contribution in [3.63, 3.8) is 0 Å². The molecule has 0 fully saturated rings. The first kappa shape index (κ1) is 19.3. The zero-order chi connectivity index (χ0) is 20.1. The molecule has 0 saturated carbocycles. The lowest BCUT2D eigenvalue weighted by Gasteiger charge is -2.23. The molecule has 3 rings (SSSR count). The third-order valence-electron chi connectivity index (χ3n) is 4.06. The van der Waals surface area contributed by atoms with E-state index in [-0.39, 0.29) is 18.1 Å². The van der Waals surface area contributed by atoms with Crippen molar-refractivity contribution >= 4 is 28.6 Å². The normalized spacial score (nSPS) is 10.5. The molecule has 0 radical (unpaired) electrons. The molecule has 0 aliphatic rings. The summed E-state index contributed by atoms with van der Waals surface area (Å²) >= 11 is 1.51. The summed E-state index contributed by atoms with van der Waals surface area (Å²) in [6, 6.07) is 13.0. The number of nitro groups is 1. The molecule has 0 unspecified atom stereocenters. The van der Waals surface area contributed by atoms with Crippen LogP contribution >= 0.6 is 11.3 Å². The monoisotopic (exact) mass is 399 g/mol. The number of rotatable bonds is 7. The van der Waals surface area contributed by atoms with E-state index in [1.165, 1.54) is 16.2 Å². The predicted molar refractivity (Wildman–Crippen MR) is 106 cm³/mol. The summed E-state index contributed by atoms with van der Waals surface area (Å²) in [5.41, 5.74) is -0.0934. The molecule has 0 N–H and O–H groups in total. The fourth-order valence-electron chi connectivity index (χ4n) is 2.63. The molecule has 9 heteroatoms. The largest absolute Gasteiger partial charge is 0.497 e. The first-order valence-electron chi connectivity index (χ1n) is 8.29. The van der Waals surface area contributed by atoms with Crippen LogP contribution in [0.5, 0.6) is 5.75 Å². The van der Waals surface area contributed by atoms with Crippen molar-refractivity contribution in [2.75, 3.05) is 12.0 Å². The number of hydrogen-bond donors (Lipinski definition) is 0. The number of carbonyl (C=O) groups is 1. The second-order valence-corrected chi connectivity index (χ2v) is 6.90. The molecule has 144 valence electrons. The Labute approximate surface area is 164 Å². The predicted octanol–water partition coefficient (Wildman–Crippen LogP) is 3.06. The SMILES string of the molecule is COc1ccc(N(Cc2cccs2)C(=O)Cn2cc([N+](=O)[O-])ccc2=O)cc1. The molecule has 28 heavy (non-hydrogen) atoms. The lowest BCUT2D eigenvalue weighted by atomic mass is 10.2. The van der Waals surface area contributed by atoms with Crippen LogP contribution in [0.4, 0.5) is 11.4 Å². The van der Waals surface area contributed by atoms with Gasteiger partial charge in [-0.3, -0.25) is 24.3 Å². The molecule has 2 heterocycles. The van der Waals surface area contributed by atoms with E-state index in [1.54, 1.807) is 31.4 Å². The van der Waals surface area contributed by atoms with E-state index in [9.17, 15) is 19.7 Å². The summed E-state index contributed by atoms with van der Waals surface area (Å²) in [7, 11) is 1.55. The van der Waals surface area contributed by atoms with Gasteiger partial charge in [-0.1, -0.05) is 6.07 Å². The van der Waals surface area contributed by atoms with Crippen molar-refractivity contribution in [1.82, 2.24) is 4.57 Å². The Bertz CT molecular complexity index is 1030. The Morgan fingerprint density at radius 1 is 1.21 bits per heavy atom. The number of nitrogens with zero attached hydrogens (tertiary/aromatic N) is 3. The lowest BCUT2D eigenvalue weighted by Crippen LogP contribution is -2.35. The molecule has 0 saturated heterocycles. The fraction of sp³-hybridized carbons (Fsp3) is 0.158. The van der Waals surface area contributed by atoms with Gasteiger partial charge in [0.1, 0.15) is 12.3 Å². The first-order valence-corrected chi connectivity index (χ1v) is 9.17. The van der Waals surface area contributed by atoms with Gasteiger partial charge in [-0.05, 0) is 35.7 Å².